The number of halogens is 1. The molecule has 1 N–H and O–H groups in total. The van der Waals surface area contributed by atoms with Crippen molar-refractivity contribution in [3.63, 3.8) is 0 Å². The van der Waals surface area contributed by atoms with Gasteiger partial charge in [0, 0.05) is 18.2 Å². The highest BCUT2D eigenvalue weighted by molar-refractivity contribution is 6.03. The Labute approximate surface area is 193 Å². The number of hydrogen-bond donors (Lipinski definition) is 1. The molecule has 0 atom stereocenters. The van der Waals surface area contributed by atoms with Crippen LogP contribution in [0.4, 0.5) is 10.2 Å². The maximum Gasteiger partial charge on any atom is 0.256 e. The first-order valence-corrected chi connectivity index (χ1v) is 10.4. The lowest BCUT2D eigenvalue weighted by molar-refractivity contribution is 0.102. The molecule has 0 bridgehead atoms. The van der Waals surface area contributed by atoms with Crippen molar-refractivity contribution >= 4 is 17.4 Å². The summed E-state index contributed by atoms with van der Waals surface area (Å²) in [5.41, 5.74) is 4.36. The van der Waals surface area contributed by atoms with Crippen molar-refractivity contribution in [1.29, 1.82) is 5.26 Å². The number of benzene rings is 2. The maximum atomic E-state index is 13.4. The molecule has 8 nitrogen and oxygen atoms in total. The van der Waals surface area contributed by atoms with Gasteiger partial charge in [0.15, 0.2) is 11.5 Å². The van der Waals surface area contributed by atoms with Crippen LogP contribution in [-0.2, 0) is 7.05 Å². The smallest absolute Gasteiger partial charge is 0.256 e. The van der Waals surface area contributed by atoms with Gasteiger partial charge in [0.1, 0.15) is 17.3 Å². The van der Waals surface area contributed by atoms with E-state index in [9.17, 15) is 9.18 Å². The molecule has 0 saturated heterocycles. The Morgan fingerprint density at radius 3 is 2.47 bits per heavy atom. The number of imidazole rings is 2. The average Bonchev–Trinajstić information content (AvgIpc) is 3.38. The minimum Gasteiger partial charge on any atom is -0.330 e. The van der Waals surface area contributed by atoms with Gasteiger partial charge in [-0.15, -0.1) is 0 Å². The van der Waals surface area contributed by atoms with Crippen molar-refractivity contribution in [1.82, 2.24) is 24.1 Å². The summed E-state index contributed by atoms with van der Waals surface area (Å²) in [6.45, 7) is 1.89. The van der Waals surface area contributed by atoms with Crippen LogP contribution < -0.4 is 5.32 Å². The Hall–Kier alpha value is -4.84. The molecule has 0 unspecified atom stereocenters. The van der Waals surface area contributed by atoms with Crippen molar-refractivity contribution in [2.45, 2.75) is 6.92 Å². The third kappa shape index (κ3) is 3.78. The zero-order valence-corrected chi connectivity index (χ0v) is 18.3. The highest BCUT2D eigenvalue weighted by Gasteiger charge is 2.18. The number of aromatic nitrogens is 5. The number of aryl methyl sites for hydroxylation is 1. The second kappa shape index (κ2) is 8.26. The van der Waals surface area contributed by atoms with Crippen LogP contribution in [0.1, 0.15) is 21.7 Å². The van der Waals surface area contributed by atoms with Crippen LogP contribution in [-0.4, -0.2) is 30.1 Å². The molecule has 0 spiro atoms. The van der Waals surface area contributed by atoms with Crippen LogP contribution in [0, 0.1) is 24.1 Å². The Bertz CT molecular complexity index is 1580. The lowest BCUT2D eigenvalue weighted by Gasteiger charge is -2.07. The highest BCUT2D eigenvalue weighted by Crippen LogP contribution is 2.31. The molecular formula is C25H18FN7O. The van der Waals surface area contributed by atoms with Gasteiger partial charge in [0.2, 0.25) is 0 Å². The normalized spacial score (nSPS) is 10.9. The molecule has 0 aliphatic heterocycles. The lowest BCUT2D eigenvalue weighted by atomic mass is 10.1. The Balaban J connectivity index is 1.48. The average molecular weight is 451 g/mol. The fraction of sp³-hybridized carbons (Fsp3) is 0.0800. The largest absolute Gasteiger partial charge is 0.330 e. The number of hydrogen-bond acceptors (Lipinski definition) is 5. The van der Waals surface area contributed by atoms with Crippen LogP contribution in [0.2, 0.25) is 0 Å². The quantitative estimate of drug-likeness (QED) is 0.437. The molecule has 34 heavy (non-hydrogen) atoms. The van der Waals surface area contributed by atoms with Crippen LogP contribution in [0.25, 0.3) is 28.3 Å². The van der Waals surface area contributed by atoms with E-state index in [0.717, 1.165) is 17.1 Å². The predicted octanol–water partition coefficient (Wildman–Crippen LogP) is 4.37. The van der Waals surface area contributed by atoms with Crippen molar-refractivity contribution < 1.29 is 9.18 Å². The van der Waals surface area contributed by atoms with Crippen LogP contribution in [0.5, 0.6) is 0 Å². The van der Waals surface area contributed by atoms with Crippen LogP contribution >= 0.6 is 0 Å². The SMILES string of the molecule is Cc1nc(-c2ccc(F)cc2)c(-c2ccc3nc(NC(=O)c4ccc(C#N)cc4)cn3n2)n1C. The van der Waals surface area contributed by atoms with Crippen LogP contribution in [0.3, 0.4) is 0 Å². The van der Waals surface area contributed by atoms with E-state index >= 15 is 0 Å². The van der Waals surface area contributed by atoms with Gasteiger partial charge in [0.05, 0.1) is 29.2 Å². The fourth-order valence-electron chi connectivity index (χ4n) is 3.67. The van der Waals surface area contributed by atoms with E-state index in [4.69, 9.17) is 5.26 Å². The number of nitrogens with one attached hydrogen (secondary N) is 1. The topological polar surface area (TPSA) is 101 Å². The van der Waals surface area contributed by atoms with E-state index in [1.54, 1.807) is 53.2 Å². The molecule has 166 valence electrons. The molecule has 0 radical (unpaired) electrons. The summed E-state index contributed by atoms with van der Waals surface area (Å²) in [5, 5.41) is 16.3. The molecule has 0 aliphatic carbocycles. The van der Waals surface area contributed by atoms with E-state index in [1.165, 1.54) is 12.1 Å². The lowest BCUT2D eigenvalue weighted by Crippen LogP contribution is -2.11. The predicted molar refractivity (Wildman–Crippen MR) is 124 cm³/mol. The third-order valence-corrected chi connectivity index (χ3v) is 5.52. The van der Waals surface area contributed by atoms with Crippen molar-refractivity contribution in [2.75, 3.05) is 5.32 Å². The van der Waals surface area contributed by atoms with E-state index in [0.29, 0.717) is 34.0 Å². The van der Waals surface area contributed by atoms with Gasteiger partial charge in [-0.25, -0.2) is 18.9 Å². The van der Waals surface area contributed by atoms with Gasteiger partial charge in [0.25, 0.3) is 5.91 Å². The first-order valence-electron chi connectivity index (χ1n) is 10.4. The Morgan fingerprint density at radius 2 is 1.76 bits per heavy atom. The second-order valence-corrected chi connectivity index (χ2v) is 7.71. The molecule has 0 saturated carbocycles. The Morgan fingerprint density at radius 1 is 1.03 bits per heavy atom. The zero-order chi connectivity index (χ0) is 23.8. The van der Waals surface area contributed by atoms with Crippen molar-refractivity contribution in [3.8, 4) is 28.7 Å². The van der Waals surface area contributed by atoms with E-state index in [1.807, 2.05) is 30.7 Å². The number of nitrogens with zero attached hydrogens (tertiary/aromatic N) is 6. The van der Waals surface area contributed by atoms with E-state index in [2.05, 4.69) is 20.4 Å². The van der Waals surface area contributed by atoms with Gasteiger partial charge in [-0.1, -0.05) is 0 Å². The minimum absolute atomic E-state index is 0.313. The Kier molecular flexibility index (Phi) is 5.11. The first kappa shape index (κ1) is 21.0. The summed E-state index contributed by atoms with van der Waals surface area (Å²) in [6, 6.07) is 18.2. The molecule has 5 aromatic rings. The molecule has 2 aromatic carbocycles. The van der Waals surface area contributed by atoms with Gasteiger partial charge >= 0.3 is 0 Å². The maximum absolute atomic E-state index is 13.4. The monoisotopic (exact) mass is 451 g/mol. The number of anilines is 1. The van der Waals surface area contributed by atoms with Crippen LogP contribution in [0.15, 0.2) is 66.9 Å². The summed E-state index contributed by atoms with van der Waals surface area (Å²) < 4.78 is 16.9. The molecule has 3 aromatic heterocycles. The number of carbonyl (C=O) groups excluding carboxylic acids is 1. The molecule has 1 amide bonds. The second-order valence-electron chi connectivity index (χ2n) is 7.71. The van der Waals surface area contributed by atoms with Crippen molar-refractivity contribution in [3.05, 3.63) is 89.6 Å². The summed E-state index contributed by atoms with van der Waals surface area (Å²) in [5.74, 6) is 0.483. The molecule has 3 heterocycles. The standard InChI is InChI=1S/C25H18FN7O/c1-15-28-23(17-7-9-19(26)10-8-17)24(32(15)2)20-11-12-22-29-21(14-33(22)31-20)30-25(34)18-5-3-16(13-27)4-6-18/h3-12,14H,1-2H3,(H,30,34). The van der Waals surface area contributed by atoms with Gasteiger partial charge < -0.3 is 9.88 Å². The summed E-state index contributed by atoms with van der Waals surface area (Å²) >= 11 is 0. The molecule has 0 fully saturated rings. The summed E-state index contributed by atoms with van der Waals surface area (Å²) in [7, 11) is 1.90. The molecule has 9 heteroatoms. The minimum atomic E-state index is -0.339. The van der Waals surface area contributed by atoms with E-state index < -0.39 is 0 Å². The molecule has 0 aliphatic rings. The number of fused-ring (bicyclic) bond motifs is 1. The number of rotatable bonds is 4. The summed E-state index contributed by atoms with van der Waals surface area (Å²) in [6.07, 6.45) is 1.63. The van der Waals surface area contributed by atoms with Gasteiger partial charge in [-0.2, -0.15) is 10.4 Å². The van der Waals surface area contributed by atoms with Crippen molar-refractivity contribution in [2.24, 2.45) is 7.05 Å². The first-order chi connectivity index (χ1) is 16.4. The van der Waals surface area contributed by atoms with Gasteiger partial charge in [-0.05, 0) is 67.6 Å². The zero-order valence-electron chi connectivity index (χ0n) is 18.3. The number of nitriles is 1. The molecular weight excluding hydrogens is 433 g/mol. The summed E-state index contributed by atoms with van der Waals surface area (Å²) in [4.78, 5) is 21.6. The number of carbonyl (C=O) groups is 1. The fourth-order valence-corrected chi connectivity index (χ4v) is 3.67. The highest BCUT2D eigenvalue weighted by atomic mass is 19.1. The third-order valence-electron chi connectivity index (χ3n) is 5.52. The number of amides is 1. The molecule has 5 rings (SSSR count). The van der Waals surface area contributed by atoms with E-state index in [-0.39, 0.29) is 11.7 Å². The van der Waals surface area contributed by atoms with Gasteiger partial charge in [-0.3, -0.25) is 4.79 Å².